The van der Waals surface area contributed by atoms with Crippen LogP contribution < -0.4 is 10.6 Å². The van der Waals surface area contributed by atoms with Crippen LogP contribution in [-0.4, -0.2) is 23.0 Å². The van der Waals surface area contributed by atoms with Crippen molar-refractivity contribution in [2.75, 3.05) is 7.05 Å². The third kappa shape index (κ3) is 6.53. The van der Waals surface area contributed by atoms with Crippen LogP contribution in [0.5, 0.6) is 0 Å². The van der Waals surface area contributed by atoms with Crippen molar-refractivity contribution < 1.29 is 13.2 Å². The highest BCUT2D eigenvalue weighted by Gasteiger charge is 2.33. The zero-order valence-corrected chi connectivity index (χ0v) is 17.3. The summed E-state index contributed by atoms with van der Waals surface area (Å²) in [4.78, 5) is 12.3. The van der Waals surface area contributed by atoms with E-state index in [1.165, 1.54) is 5.56 Å². The molecule has 3 aromatic rings. The number of alkyl halides is 3. The van der Waals surface area contributed by atoms with Gasteiger partial charge >= 0.3 is 6.18 Å². The first-order chi connectivity index (χ1) is 13.9. The standard InChI is InChI=1S/C19H20F3N5S2/c1-23-18(25-10-17-27-15(12-29-17)19(20,21)22)24-9-14-11-28-16(26-14)8-7-13-5-3-2-4-6-13/h2-6,11-12H,7-10H2,1H3,(H2,23,24,25). The molecule has 0 saturated carbocycles. The van der Waals surface area contributed by atoms with Gasteiger partial charge in [-0.3, -0.25) is 4.99 Å². The first-order valence-corrected chi connectivity index (χ1v) is 10.6. The molecule has 5 nitrogen and oxygen atoms in total. The third-order valence-electron chi connectivity index (χ3n) is 3.98. The highest BCUT2D eigenvalue weighted by atomic mass is 32.1. The maximum Gasteiger partial charge on any atom is 0.434 e. The highest BCUT2D eigenvalue weighted by molar-refractivity contribution is 7.09. The van der Waals surface area contributed by atoms with Crippen LogP contribution in [-0.2, 0) is 32.1 Å². The van der Waals surface area contributed by atoms with Gasteiger partial charge in [-0.15, -0.1) is 22.7 Å². The Kier molecular flexibility index (Phi) is 7.21. The highest BCUT2D eigenvalue weighted by Crippen LogP contribution is 2.29. The summed E-state index contributed by atoms with van der Waals surface area (Å²) in [5.41, 5.74) is 1.31. The Morgan fingerprint density at radius 2 is 1.69 bits per heavy atom. The molecule has 0 bridgehead atoms. The van der Waals surface area contributed by atoms with Gasteiger partial charge in [-0.25, -0.2) is 9.97 Å². The second kappa shape index (κ2) is 9.84. The summed E-state index contributed by atoms with van der Waals surface area (Å²) in [7, 11) is 1.60. The van der Waals surface area contributed by atoms with Gasteiger partial charge in [0, 0.05) is 24.2 Å². The summed E-state index contributed by atoms with van der Waals surface area (Å²) in [6, 6.07) is 10.3. The van der Waals surface area contributed by atoms with E-state index in [1.807, 2.05) is 23.6 Å². The second-order valence-electron chi connectivity index (χ2n) is 6.12. The number of nitrogens with one attached hydrogen (secondary N) is 2. The normalized spacial score (nSPS) is 12.2. The largest absolute Gasteiger partial charge is 0.434 e. The zero-order chi connectivity index (χ0) is 20.7. The number of benzene rings is 1. The van der Waals surface area contributed by atoms with Gasteiger partial charge in [-0.2, -0.15) is 13.2 Å². The average Bonchev–Trinajstić information content (AvgIpc) is 3.37. The zero-order valence-electron chi connectivity index (χ0n) is 15.7. The Bertz CT molecular complexity index is 935. The topological polar surface area (TPSA) is 62.2 Å². The van der Waals surface area contributed by atoms with Gasteiger partial charge in [0.05, 0.1) is 23.8 Å². The van der Waals surface area contributed by atoms with Crippen molar-refractivity contribution in [1.29, 1.82) is 0 Å². The van der Waals surface area contributed by atoms with Crippen molar-refractivity contribution >= 4 is 28.6 Å². The smallest absolute Gasteiger partial charge is 0.351 e. The van der Waals surface area contributed by atoms with Gasteiger partial charge in [0.1, 0.15) is 5.01 Å². The van der Waals surface area contributed by atoms with Gasteiger partial charge in [0.25, 0.3) is 0 Å². The molecule has 0 unspecified atom stereocenters. The van der Waals surface area contributed by atoms with E-state index >= 15 is 0 Å². The molecule has 0 aliphatic carbocycles. The molecule has 0 fully saturated rings. The predicted octanol–water partition coefficient (Wildman–Crippen LogP) is 4.27. The second-order valence-corrected chi connectivity index (χ2v) is 8.01. The first-order valence-electron chi connectivity index (χ1n) is 8.87. The third-order valence-corrected chi connectivity index (χ3v) is 5.79. The van der Waals surface area contributed by atoms with Crippen molar-refractivity contribution in [1.82, 2.24) is 20.6 Å². The number of aliphatic imine (C=N–C) groups is 1. The summed E-state index contributed by atoms with van der Waals surface area (Å²) in [6.07, 6.45) is -2.59. The van der Waals surface area contributed by atoms with Crippen molar-refractivity contribution in [3.8, 4) is 0 Å². The lowest BCUT2D eigenvalue weighted by atomic mass is 10.1. The summed E-state index contributed by atoms with van der Waals surface area (Å²) >= 11 is 2.58. The fraction of sp³-hybridized carbons (Fsp3) is 0.316. The van der Waals surface area contributed by atoms with Crippen molar-refractivity contribution in [3.05, 3.63) is 68.1 Å². The molecule has 2 aromatic heterocycles. The van der Waals surface area contributed by atoms with Crippen LogP contribution in [0.2, 0.25) is 0 Å². The Morgan fingerprint density at radius 1 is 0.966 bits per heavy atom. The lowest BCUT2D eigenvalue weighted by Gasteiger charge is -2.09. The Hall–Kier alpha value is -2.46. The molecule has 3 rings (SSSR count). The summed E-state index contributed by atoms with van der Waals surface area (Å²) in [6.45, 7) is 0.646. The monoisotopic (exact) mass is 439 g/mol. The number of halogens is 3. The van der Waals surface area contributed by atoms with Crippen LogP contribution in [0.3, 0.4) is 0 Å². The average molecular weight is 440 g/mol. The fourth-order valence-electron chi connectivity index (χ4n) is 2.52. The molecule has 0 spiro atoms. The number of hydrogen-bond donors (Lipinski definition) is 2. The number of aryl methyl sites for hydroxylation is 2. The molecule has 0 amide bonds. The van der Waals surface area contributed by atoms with E-state index in [0.717, 1.165) is 40.3 Å². The number of nitrogens with zero attached hydrogens (tertiary/aromatic N) is 3. The SMILES string of the molecule is CN=C(NCc1csc(CCc2ccccc2)n1)NCc1nc(C(F)(F)F)cs1. The van der Waals surface area contributed by atoms with Gasteiger partial charge in [-0.05, 0) is 12.0 Å². The molecule has 1 aromatic carbocycles. The number of hydrogen-bond acceptors (Lipinski definition) is 5. The van der Waals surface area contributed by atoms with Crippen molar-refractivity contribution in [2.45, 2.75) is 32.1 Å². The van der Waals surface area contributed by atoms with E-state index in [0.29, 0.717) is 17.5 Å². The molecular formula is C19H20F3N5S2. The Balaban J connectivity index is 1.45. The van der Waals surface area contributed by atoms with E-state index in [2.05, 4.69) is 37.7 Å². The number of rotatable bonds is 7. The molecule has 2 heterocycles. The first kappa shape index (κ1) is 21.3. The molecule has 29 heavy (non-hydrogen) atoms. The summed E-state index contributed by atoms with van der Waals surface area (Å²) < 4.78 is 37.8. The molecule has 0 aliphatic rings. The van der Waals surface area contributed by atoms with Crippen LogP contribution in [0.15, 0.2) is 46.1 Å². The molecule has 10 heteroatoms. The van der Waals surface area contributed by atoms with Crippen molar-refractivity contribution in [2.24, 2.45) is 4.99 Å². The molecule has 0 saturated heterocycles. The lowest BCUT2D eigenvalue weighted by molar-refractivity contribution is -0.140. The minimum Gasteiger partial charge on any atom is -0.351 e. The molecule has 154 valence electrons. The lowest BCUT2D eigenvalue weighted by Crippen LogP contribution is -2.36. The van der Waals surface area contributed by atoms with Crippen LogP contribution in [0.4, 0.5) is 13.2 Å². The maximum absolute atomic E-state index is 12.6. The number of guanidine groups is 1. The molecule has 0 radical (unpaired) electrons. The van der Waals surface area contributed by atoms with Crippen LogP contribution in [0.1, 0.15) is 27.0 Å². The molecular weight excluding hydrogens is 419 g/mol. The minimum absolute atomic E-state index is 0.166. The van der Waals surface area contributed by atoms with Gasteiger partial charge < -0.3 is 10.6 Å². The quantitative estimate of drug-likeness (QED) is 0.426. The molecule has 0 aliphatic heterocycles. The van der Waals surface area contributed by atoms with Gasteiger partial charge in [0.2, 0.25) is 0 Å². The molecule has 0 atom stereocenters. The van der Waals surface area contributed by atoms with Crippen molar-refractivity contribution in [3.63, 3.8) is 0 Å². The van der Waals surface area contributed by atoms with E-state index in [-0.39, 0.29) is 6.54 Å². The van der Waals surface area contributed by atoms with Crippen LogP contribution >= 0.6 is 22.7 Å². The van der Waals surface area contributed by atoms with Gasteiger partial charge in [-0.1, -0.05) is 30.3 Å². The summed E-state index contributed by atoms with van der Waals surface area (Å²) in [5.74, 6) is 0.479. The van der Waals surface area contributed by atoms with E-state index < -0.39 is 11.9 Å². The Labute approximate surface area is 174 Å². The van der Waals surface area contributed by atoms with Crippen LogP contribution in [0, 0.1) is 0 Å². The number of aromatic nitrogens is 2. The molecule has 2 N–H and O–H groups in total. The minimum atomic E-state index is -4.42. The number of thiazole rings is 2. The fourth-order valence-corrected chi connectivity index (χ4v) is 4.06. The van der Waals surface area contributed by atoms with E-state index in [4.69, 9.17) is 0 Å². The summed E-state index contributed by atoms with van der Waals surface area (Å²) in [5, 5.41) is 10.5. The predicted molar refractivity (Wildman–Crippen MR) is 110 cm³/mol. The van der Waals surface area contributed by atoms with E-state index in [1.54, 1.807) is 18.4 Å². The van der Waals surface area contributed by atoms with Crippen LogP contribution in [0.25, 0.3) is 0 Å². The van der Waals surface area contributed by atoms with E-state index in [9.17, 15) is 13.2 Å². The maximum atomic E-state index is 12.6. The Morgan fingerprint density at radius 3 is 2.38 bits per heavy atom. The van der Waals surface area contributed by atoms with Gasteiger partial charge in [0.15, 0.2) is 11.7 Å².